The third-order valence-electron chi connectivity index (χ3n) is 4.03. The van der Waals surface area contributed by atoms with Crippen molar-refractivity contribution in [1.82, 2.24) is 9.80 Å². The minimum Gasteiger partial charge on any atom is -0.341 e. The molecule has 2 amide bonds. The van der Waals surface area contributed by atoms with Crippen molar-refractivity contribution in [3.63, 3.8) is 0 Å². The van der Waals surface area contributed by atoms with Crippen molar-refractivity contribution >= 4 is 11.8 Å². The predicted octanol–water partition coefficient (Wildman–Crippen LogP) is 1.03. The molecule has 0 bridgehead atoms. The molecule has 0 radical (unpaired) electrons. The fourth-order valence-corrected chi connectivity index (χ4v) is 2.75. The maximum absolute atomic E-state index is 12.3. The maximum atomic E-state index is 12.3. The lowest BCUT2D eigenvalue weighted by molar-refractivity contribution is -0.133. The normalized spacial score (nSPS) is 15.5. The number of nitrogens with zero attached hydrogens (tertiary/aromatic N) is 2. The van der Waals surface area contributed by atoms with E-state index >= 15 is 0 Å². The average molecular weight is 303 g/mol. The van der Waals surface area contributed by atoms with Gasteiger partial charge in [0.2, 0.25) is 11.8 Å². The Morgan fingerprint density at radius 1 is 0.909 bits per heavy atom. The number of aryl methyl sites for hydroxylation is 1. The minimum atomic E-state index is 0.0982. The summed E-state index contributed by atoms with van der Waals surface area (Å²) in [7, 11) is 0. The number of carbonyl (C=O) groups excluding carboxylic acids is 2. The number of carbonyl (C=O) groups is 2. The molecule has 1 aromatic carbocycles. The van der Waals surface area contributed by atoms with Gasteiger partial charge in [-0.2, -0.15) is 0 Å². The van der Waals surface area contributed by atoms with Gasteiger partial charge in [0, 0.05) is 45.6 Å². The van der Waals surface area contributed by atoms with Crippen LogP contribution in [0.4, 0.5) is 0 Å². The van der Waals surface area contributed by atoms with Crippen molar-refractivity contribution in [2.24, 2.45) is 5.73 Å². The molecule has 1 aliphatic heterocycles. The molecule has 2 N–H and O–H groups in total. The standard InChI is InChI=1S/C17H25N3O2/c18-10-9-17(22)20-12-4-11-19(13-14-20)16(21)8-7-15-5-2-1-3-6-15/h1-3,5-6H,4,7-14,18H2. The van der Waals surface area contributed by atoms with Gasteiger partial charge in [-0.05, 0) is 18.4 Å². The van der Waals surface area contributed by atoms with Crippen LogP contribution in [0.3, 0.4) is 0 Å². The molecular weight excluding hydrogens is 278 g/mol. The second kappa shape index (κ2) is 8.54. The largest absolute Gasteiger partial charge is 0.341 e. The summed E-state index contributed by atoms with van der Waals surface area (Å²) in [5.41, 5.74) is 6.62. The molecule has 5 heteroatoms. The quantitative estimate of drug-likeness (QED) is 0.883. The molecule has 0 aromatic heterocycles. The summed E-state index contributed by atoms with van der Waals surface area (Å²) in [6.07, 6.45) is 2.53. The molecule has 1 aromatic rings. The number of rotatable bonds is 5. The van der Waals surface area contributed by atoms with E-state index in [4.69, 9.17) is 5.73 Å². The third kappa shape index (κ3) is 4.84. The molecule has 0 spiro atoms. The van der Waals surface area contributed by atoms with Gasteiger partial charge in [0.05, 0.1) is 0 Å². The van der Waals surface area contributed by atoms with Gasteiger partial charge >= 0.3 is 0 Å². The molecule has 0 unspecified atom stereocenters. The van der Waals surface area contributed by atoms with E-state index in [9.17, 15) is 9.59 Å². The Bertz CT molecular complexity index is 490. The van der Waals surface area contributed by atoms with Crippen molar-refractivity contribution < 1.29 is 9.59 Å². The molecule has 120 valence electrons. The second-order valence-corrected chi connectivity index (χ2v) is 5.64. The molecular formula is C17H25N3O2. The third-order valence-corrected chi connectivity index (χ3v) is 4.03. The van der Waals surface area contributed by atoms with Crippen molar-refractivity contribution in [2.75, 3.05) is 32.7 Å². The fraction of sp³-hybridized carbons (Fsp3) is 0.529. The predicted molar refractivity (Wildman–Crippen MR) is 86.2 cm³/mol. The highest BCUT2D eigenvalue weighted by Crippen LogP contribution is 2.09. The molecule has 1 saturated heterocycles. The van der Waals surface area contributed by atoms with Gasteiger partial charge in [-0.25, -0.2) is 0 Å². The lowest BCUT2D eigenvalue weighted by atomic mass is 10.1. The fourth-order valence-electron chi connectivity index (χ4n) is 2.75. The van der Waals surface area contributed by atoms with Crippen LogP contribution in [0.1, 0.15) is 24.8 Å². The summed E-state index contributed by atoms with van der Waals surface area (Å²) in [6.45, 7) is 3.09. The van der Waals surface area contributed by atoms with Crippen molar-refractivity contribution in [1.29, 1.82) is 0 Å². The van der Waals surface area contributed by atoms with E-state index in [1.807, 2.05) is 40.1 Å². The Labute approximate surface area is 132 Å². The zero-order chi connectivity index (χ0) is 15.8. The Balaban J connectivity index is 1.80. The molecule has 1 aliphatic rings. The van der Waals surface area contributed by atoms with Crippen LogP contribution in [-0.4, -0.2) is 54.3 Å². The SMILES string of the molecule is NCCC(=O)N1CCCN(C(=O)CCc2ccccc2)CC1. The topological polar surface area (TPSA) is 66.6 Å². The van der Waals surface area contributed by atoms with Crippen LogP contribution in [-0.2, 0) is 16.0 Å². The van der Waals surface area contributed by atoms with Gasteiger partial charge in [-0.15, -0.1) is 0 Å². The number of hydrogen-bond acceptors (Lipinski definition) is 3. The van der Waals surface area contributed by atoms with E-state index in [-0.39, 0.29) is 11.8 Å². The van der Waals surface area contributed by atoms with E-state index in [2.05, 4.69) is 0 Å². The van der Waals surface area contributed by atoms with Crippen molar-refractivity contribution in [2.45, 2.75) is 25.7 Å². The van der Waals surface area contributed by atoms with E-state index in [0.29, 0.717) is 32.5 Å². The second-order valence-electron chi connectivity index (χ2n) is 5.64. The van der Waals surface area contributed by atoms with E-state index in [1.165, 1.54) is 5.56 Å². The molecule has 1 fully saturated rings. The van der Waals surface area contributed by atoms with Crippen molar-refractivity contribution in [3.05, 3.63) is 35.9 Å². The summed E-state index contributed by atoms with van der Waals surface area (Å²) < 4.78 is 0. The summed E-state index contributed by atoms with van der Waals surface area (Å²) in [4.78, 5) is 27.9. The Morgan fingerprint density at radius 3 is 2.09 bits per heavy atom. The van der Waals surface area contributed by atoms with Gasteiger partial charge in [0.1, 0.15) is 0 Å². The van der Waals surface area contributed by atoms with Crippen LogP contribution < -0.4 is 5.73 Å². The monoisotopic (exact) mass is 303 g/mol. The number of benzene rings is 1. The van der Waals surface area contributed by atoms with Crippen LogP contribution in [0.15, 0.2) is 30.3 Å². The summed E-state index contributed by atoms with van der Waals surface area (Å²) in [5.74, 6) is 0.276. The summed E-state index contributed by atoms with van der Waals surface area (Å²) in [5, 5.41) is 0. The first kappa shape index (κ1) is 16.5. The van der Waals surface area contributed by atoms with E-state index in [1.54, 1.807) is 0 Å². The molecule has 5 nitrogen and oxygen atoms in total. The van der Waals surface area contributed by atoms with E-state index in [0.717, 1.165) is 25.9 Å². The zero-order valence-electron chi connectivity index (χ0n) is 13.0. The molecule has 0 saturated carbocycles. The first-order valence-electron chi connectivity index (χ1n) is 8.00. The molecule has 0 aliphatic carbocycles. The smallest absolute Gasteiger partial charge is 0.223 e. The zero-order valence-corrected chi connectivity index (χ0v) is 13.0. The van der Waals surface area contributed by atoms with Gasteiger partial charge in [-0.1, -0.05) is 30.3 Å². The molecule has 1 heterocycles. The first-order chi connectivity index (χ1) is 10.7. The van der Waals surface area contributed by atoms with Crippen LogP contribution >= 0.6 is 0 Å². The van der Waals surface area contributed by atoms with Crippen LogP contribution in [0.5, 0.6) is 0 Å². The van der Waals surface area contributed by atoms with Crippen LogP contribution in [0.2, 0.25) is 0 Å². The van der Waals surface area contributed by atoms with Gasteiger partial charge in [-0.3, -0.25) is 9.59 Å². The highest BCUT2D eigenvalue weighted by molar-refractivity contribution is 5.78. The minimum absolute atomic E-state index is 0.0982. The Hall–Kier alpha value is -1.88. The first-order valence-corrected chi connectivity index (χ1v) is 8.00. The summed E-state index contributed by atoms with van der Waals surface area (Å²) >= 11 is 0. The number of nitrogens with two attached hydrogens (primary N) is 1. The lowest BCUT2D eigenvalue weighted by Crippen LogP contribution is -2.37. The molecule has 2 rings (SSSR count). The van der Waals surface area contributed by atoms with Crippen LogP contribution in [0, 0.1) is 0 Å². The Morgan fingerprint density at radius 2 is 1.50 bits per heavy atom. The van der Waals surface area contributed by atoms with Gasteiger partial charge in [0.15, 0.2) is 0 Å². The maximum Gasteiger partial charge on any atom is 0.223 e. The van der Waals surface area contributed by atoms with Crippen molar-refractivity contribution in [3.8, 4) is 0 Å². The lowest BCUT2D eigenvalue weighted by Gasteiger charge is -2.22. The highest BCUT2D eigenvalue weighted by Gasteiger charge is 2.21. The summed E-state index contributed by atoms with van der Waals surface area (Å²) in [6, 6.07) is 10.1. The molecule has 22 heavy (non-hydrogen) atoms. The average Bonchev–Trinajstić information content (AvgIpc) is 2.80. The van der Waals surface area contributed by atoms with Gasteiger partial charge in [0.25, 0.3) is 0 Å². The van der Waals surface area contributed by atoms with E-state index < -0.39 is 0 Å². The van der Waals surface area contributed by atoms with Crippen LogP contribution in [0.25, 0.3) is 0 Å². The number of amides is 2. The Kier molecular flexibility index (Phi) is 6.40. The van der Waals surface area contributed by atoms with Gasteiger partial charge < -0.3 is 15.5 Å². The molecule has 0 atom stereocenters. The number of hydrogen-bond donors (Lipinski definition) is 1. The highest BCUT2D eigenvalue weighted by atomic mass is 16.2.